The van der Waals surface area contributed by atoms with Gasteiger partial charge in [0.15, 0.2) is 17.5 Å². The maximum atomic E-state index is 14.4. The highest BCUT2D eigenvalue weighted by atomic mass is 19.4. The molecule has 0 spiro atoms. The van der Waals surface area contributed by atoms with Crippen LogP contribution >= 0.6 is 0 Å². The summed E-state index contributed by atoms with van der Waals surface area (Å²) in [6.45, 7) is 1.65. The molecule has 1 aliphatic carbocycles. The Bertz CT molecular complexity index is 1290. The first-order chi connectivity index (χ1) is 17.2. The number of piperidine rings is 1. The second-order valence-corrected chi connectivity index (χ2v) is 9.69. The van der Waals surface area contributed by atoms with Crippen LogP contribution in [-0.4, -0.2) is 38.9 Å². The Morgan fingerprint density at radius 1 is 0.944 bits per heavy atom. The first kappa shape index (κ1) is 23.1. The van der Waals surface area contributed by atoms with Crippen molar-refractivity contribution in [3.8, 4) is 0 Å². The summed E-state index contributed by atoms with van der Waals surface area (Å²) in [5.41, 5.74) is -0.352. The predicted molar refractivity (Wildman–Crippen MR) is 118 cm³/mol. The van der Waals surface area contributed by atoms with E-state index in [1.807, 2.05) is 4.90 Å². The van der Waals surface area contributed by atoms with Gasteiger partial charge in [0.05, 0.1) is 0 Å². The highest BCUT2D eigenvalue weighted by Crippen LogP contribution is 2.41. The van der Waals surface area contributed by atoms with Crippen LogP contribution in [0.4, 0.5) is 38.0 Å². The summed E-state index contributed by atoms with van der Waals surface area (Å²) in [7, 11) is 0. The third-order valence-corrected chi connectivity index (χ3v) is 7.61. The molecule has 6 rings (SSSR count). The molecule has 1 saturated carbocycles. The summed E-state index contributed by atoms with van der Waals surface area (Å²) in [5.74, 6) is -3.23. The van der Waals surface area contributed by atoms with Gasteiger partial charge in [-0.3, -0.25) is 4.98 Å². The zero-order valence-electron chi connectivity index (χ0n) is 18.9. The third kappa shape index (κ3) is 3.86. The minimum absolute atomic E-state index is 0.0479. The smallest absolute Gasteiger partial charge is 0.371 e. The number of benzene rings is 1. The number of pyridine rings is 1. The van der Waals surface area contributed by atoms with Crippen LogP contribution in [0.2, 0.25) is 0 Å². The van der Waals surface area contributed by atoms with E-state index >= 15 is 0 Å². The van der Waals surface area contributed by atoms with Gasteiger partial charge in [0.2, 0.25) is 5.95 Å². The minimum atomic E-state index is -4.50. The highest BCUT2D eigenvalue weighted by Gasteiger charge is 2.43. The molecule has 2 fully saturated rings. The molecule has 1 N–H and O–H groups in total. The molecule has 2 unspecified atom stereocenters. The summed E-state index contributed by atoms with van der Waals surface area (Å²) < 4.78 is 82.6. The topological polar surface area (TPSA) is 58.9 Å². The molecule has 2 bridgehead atoms. The van der Waals surface area contributed by atoms with Gasteiger partial charge in [0.25, 0.3) is 0 Å². The number of aromatic nitrogens is 4. The number of nitrogens with zero attached hydrogens (tertiary/aromatic N) is 5. The van der Waals surface area contributed by atoms with Gasteiger partial charge in [0.1, 0.15) is 11.5 Å². The van der Waals surface area contributed by atoms with Gasteiger partial charge >= 0.3 is 6.18 Å². The number of hydrogen-bond acceptors (Lipinski definition) is 5. The van der Waals surface area contributed by atoms with Crippen LogP contribution in [0, 0.1) is 29.3 Å². The summed E-state index contributed by atoms with van der Waals surface area (Å²) in [6, 6.07) is 4.90. The van der Waals surface area contributed by atoms with Crippen LogP contribution in [0.25, 0.3) is 0 Å². The number of halogens is 6. The molecular weight excluding hydrogens is 486 g/mol. The molecule has 12 heteroatoms. The van der Waals surface area contributed by atoms with Crippen LogP contribution in [-0.2, 0) is 12.7 Å². The molecular formula is C24H22F6N6. The van der Waals surface area contributed by atoms with Crippen molar-refractivity contribution in [2.75, 3.05) is 23.3 Å². The normalized spacial score (nSPS) is 25.3. The molecule has 3 aliphatic rings. The quantitative estimate of drug-likeness (QED) is 0.398. The van der Waals surface area contributed by atoms with E-state index in [-0.39, 0.29) is 23.4 Å². The van der Waals surface area contributed by atoms with E-state index in [9.17, 15) is 26.3 Å². The first-order valence-electron chi connectivity index (χ1n) is 11.8. The Morgan fingerprint density at radius 3 is 2.42 bits per heavy atom. The summed E-state index contributed by atoms with van der Waals surface area (Å²) in [6.07, 6.45) is -0.985. The van der Waals surface area contributed by atoms with Crippen molar-refractivity contribution in [1.82, 2.24) is 19.7 Å². The van der Waals surface area contributed by atoms with Gasteiger partial charge < -0.3 is 10.2 Å². The van der Waals surface area contributed by atoms with Crippen molar-refractivity contribution in [3.05, 3.63) is 65.0 Å². The lowest BCUT2D eigenvalue weighted by atomic mass is 9.92. The van der Waals surface area contributed by atoms with Crippen LogP contribution in [0.3, 0.4) is 0 Å². The van der Waals surface area contributed by atoms with Crippen molar-refractivity contribution in [2.45, 2.75) is 43.9 Å². The van der Waals surface area contributed by atoms with Crippen LogP contribution in [0.5, 0.6) is 0 Å². The standard InChI is InChI=1S/C24H22F6N6/c25-17-4-3-15(19(26)20(17)27)16-6-8-36-22(16)33-23(34-36)32-21-12-1-2-13(21)11-35(10-12)14-5-7-31-18(9-14)24(28,29)30/h3-5,7,9,12-13,16,21H,1-2,6,8,10-11H2,(H,32,34)/t12-,13+,16?,21?. The highest BCUT2D eigenvalue weighted by molar-refractivity contribution is 5.49. The molecule has 1 saturated heterocycles. The van der Waals surface area contributed by atoms with Crippen LogP contribution < -0.4 is 10.2 Å². The lowest BCUT2D eigenvalue weighted by Gasteiger charge is -2.39. The molecule has 3 aromatic rings. The molecule has 6 nitrogen and oxygen atoms in total. The fraction of sp³-hybridized carbons (Fsp3) is 0.458. The summed E-state index contributed by atoms with van der Waals surface area (Å²) in [4.78, 5) is 9.98. The number of aryl methyl sites for hydroxylation is 1. The van der Waals surface area contributed by atoms with E-state index in [1.165, 1.54) is 12.3 Å². The largest absolute Gasteiger partial charge is 0.433 e. The fourth-order valence-corrected chi connectivity index (χ4v) is 5.91. The second kappa shape index (κ2) is 8.38. The number of hydrogen-bond donors (Lipinski definition) is 1. The van der Waals surface area contributed by atoms with Crippen molar-refractivity contribution in [2.24, 2.45) is 11.8 Å². The van der Waals surface area contributed by atoms with Crippen molar-refractivity contribution >= 4 is 11.6 Å². The van der Waals surface area contributed by atoms with Crippen LogP contribution in [0.1, 0.15) is 42.3 Å². The van der Waals surface area contributed by atoms with E-state index in [0.717, 1.165) is 25.0 Å². The molecule has 2 aliphatic heterocycles. The molecule has 2 aromatic heterocycles. The van der Waals surface area contributed by atoms with Crippen molar-refractivity contribution < 1.29 is 26.3 Å². The lowest BCUT2D eigenvalue weighted by Crippen LogP contribution is -2.48. The fourth-order valence-electron chi connectivity index (χ4n) is 5.91. The SMILES string of the molecule is Fc1ccc(C2CCn3nc(NC4[C@@H]5CC[C@H]4CN(c4ccnc(C(F)(F)F)c4)C5)nc32)c(F)c1F. The number of fused-ring (bicyclic) bond motifs is 3. The van der Waals surface area contributed by atoms with E-state index in [0.29, 0.717) is 43.5 Å². The van der Waals surface area contributed by atoms with E-state index in [2.05, 4.69) is 20.4 Å². The van der Waals surface area contributed by atoms with Crippen molar-refractivity contribution in [1.29, 1.82) is 0 Å². The third-order valence-electron chi connectivity index (χ3n) is 7.61. The Balaban J connectivity index is 1.18. The molecule has 4 atom stereocenters. The van der Waals surface area contributed by atoms with E-state index < -0.39 is 35.2 Å². The summed E-state index contributed by atoms with van der Waals surface area (Å²) in [5, 5.41) is 7.90. The van der Waals surface area contributed by atoms with Gasteiger partial charge in [-0.15, -0.1) is 5.10 Å². The Morgan fingerprint density at radius 2 is 1.69 bits per heavy atom. The van der Waals surface area contributed by atoms with Gasteiger partial charge in [-0.1, -0.05) is 6.07 Å². The molecule has 4 heterocycles. The number of alkyl halides is 3. The molecule has 0 amide bonds. The number of rotatable bonds is 4. The molecule has 0 radical (unpaired) electrons. The van der Waals surface area contributed by atoms with Crippen LogP contribution in [0.15, 0.2) is 30.5 Å². The maximum Gasteiger partial charge on any atom is 0.433 e. The van der Waals surface area contributed by atoms with Gasteiger partial charge in [-0.05, 0) is 49.3 Å². The average molecular weight is 508 g/mol. The number of nitrogens with one attached hydrogen (secondary N) is 1. The second-order valence-electron chi connectivity index (χ2n) is 9.69. The summed E-state index contributed by atoms with van der Waals surface area (Å²) >= 11 is 0. The Hall–Kier alpha value is -3.31. The van der Waals surface area contributed by atoms with Gasteiger partial charge in [0, 0.05) is 49.0 Å². The molecule has 1 aromatic carbocycles. The predicted octanol–water partition coefficient (Wildman–Crippen LogP) is 4.97. The Kier molecular flexibility index (Phi) is 5.38. The van der Waals surface area contributed by atoms with Crippen molar-refractivity contribution in [3.63, 3.8) is 0 Å². The van der Waals surface area contributed by atoms with E-state index in [1.54, 1.807) is 10.7 Å². The molecule has 36 heavy (non-hydrogen) atoms. The lowest BCUT2D eigenvalue weighted by molar-refractivity contribution is -0.141. The minimum Gasteiger partial charge on any atom is -0.371 e. The first-order valence-corrected chi connectivity index (χ1v) is 11.8. The van der Waals surface area contributed by atoms with Gasteiger partial charge in [-0.2, -0.15) is 18.2 Å². The monoisotopic (exact) mass is 508 g/mol. The Labute approximate surface area is 202 Å². The maximum absolute atomic E-state index is 14.4. The zero-order valence-corrected chi connectivity index (χ0v) is 18.9. The van der Waals surface area contributed by atoms with E-state index in [4.69, 9.17) is 0 Å². The molecule has 190 valence electrons. The van der Waals surface area contributed by atoms with Gasteiger partial charge in [-0.25, -0.2) is 17.9 Å². The number of anilines is 2. The zero-order chi connectivity index (χ0) is 25.2. The average Bonchev–Trinajstić information content (AvgIpc) is 3.48.